The van der Waals surface area contributed by atoms with Gasteiger partial charge in [0, 0.05) is 41.9 Å². The number of cyclic esters (lactones) is 1. The zero-order chi connectivity index (χ0) is 30.7. The van der Waals surface area contributed by atoms with E-state index in [9.17, 15) is 24.0 Å². The molecule has 1 fully saturated rings. The van der Waals surface area contributed by atoms with E-state index in [-0.39, 0.29) is 40.9 Å². The van der Waals surface area contributed by atoms with Gasteiger partial charge >= 0.3 is 12.2 Å². The monoisotopic (exact) mass is 605 g/mol. The molecule has 1 unspecified atom stereocenters. The third-order valence-electron chi connectivity index (χ3n) is 7.77. The van der Waals surface area contributed by atoms with Crippen LogP contribution >= 0.6 is 11.6 Å². The summed E-state index contributed by atoms with van der Waals surface area (Å²) >= 11 is 5.97. The van der Waals surface area contributed by atoms with Gasteiger partial charge in [-0.05, 0) is 54.8 Å². The minimum atomic E-state index is -0.967. The first-order chi connectivity index (χ1) is 20.7. The fraction of sp³-hybridized carbons (Fsp3) is 0.323. The Balaban J connectivity index is 1.48. The zero-order valence-electron chi connectivity index (χ0n) is 23.5. The highest BCUT2D eigenvalue weighted by molar-refractivity contribution is 6.30. The van der Waals surface area contributed by atoms with Gasteiger partial charge < -0.3 is 14.8 Å². The highest BCUT2D eigenvalue weighted by Gasteiger charge is 2.37. The molecular formula is C31H29ClFN5O5. The van der Waals surface area contributed by atoms with Gasteiger partial charge in [-0.1, -0.05) is 31.0 Å². The van der Waals surface area contributed by atoms with Gasteiger partial charge in [-0.3, -0.25) is 20.0 Å². The maximum atomic E-state index is 14.9. The van der Waals surface area contributed by atoms with Crippen molar-refractivity contribution in [2.75, 3.05) is 24.3 Å². The summed E-state index contributed by atoms with van der Waals surface area (Å²) in [5, 5.41) is 15.0. The van der Waals surface area contributed by atoms with E-state index in [2.05, 4.69) is 20.4 Å². The van der Waals surface area contributed by atoms with Crippen LogP contribution in [0.4, 0.5) is 25.4 Å². The summed E-state index contributed by atoms with van der Waals surface area (Å²) in [5.41, 5.74) is 3.04. The number of nitriles is 1. The first-order valence-corrected chi connectivity index (χ1v) is 14.2. The van der Waals surface area contributed by atoms with Crippen molar-refractivity contribution in [1.82, 2.24) is 9.88 Å². The molecule has 10 nitrogen and oxygen atoms in total. The third kappa shape index (κ3) is 6.24. The number of amides is 3. The molecule has 1 aromatic heterocycles. The molecule has 2 bridgehead atoms. The van der Waals surface area contributed by atoms with Crippen molar-refractivity contribution in [1.29, 1.82) is 5.26 Å². The van der Waals surface area contributed by atoms with E-state index in [0.29, 0.717) is 41.9 Å². The van der Waals surface area contributed by atoms with E-state index >= 15 is 0 Å². The quantitative estimate of drug-likeness (QED) is 0.329. The number of carbonyl (C=O) groups excluding carboxylic acids is 3. The molecule has 43 heavy (non-hydrogen) atoms. The standard InChI is InChI=1S/C31H29ClFN5O5/c1-17-4-3-5-25(38-13-11-26(43-31(38)41)27-19(16-34)6-9-22(32)28(27)33)24-14-18(10-12-35-24)21-8-7-20(36-30(40)42-2)15-23(21)37-29(17)39/h6-10,12,14-15,17,25-26H,3-5,11,13H2,1-2H3,(H,36,40)(H,37,39)/t17-,25+,26?/m1/s1. The number of nitrogens with one attached hydrogen (secondary N) is 2. The molecule has 0 radical (unpaired) electrons. The van der Waals surface area contributed by atoms with E-state index in [0.717, 1.165) is 5.56 Å². The molecule has 222 valence electrons. The number of methoxy groups -OCH3 is 1. The molecular weight excluding hydrogens is 577 g/mol. The molecule has 3 aromatic rings. The van der Waals surface area contributed by atoms with Crippen LogP contribution in [0.2, 0.25) is 5.02 Å². The van der Waals surface area contributed by atoms with Crippen LogP contribution in [-0.2, 0) is 14.3 Å². The summed E-state index contributed by atoms with van der Waals surface area (Å²) in [6.07, 6.45) is 1.28. The van der Waals surface area contributed by atoms with Crippen molar-refractivity contribution in [2.24, 2.45) is 5.92 Å². The van der Waals surface area contributed by atoms with E-state index < -0.39 is 30.1 Å². The first kappa shape index (κ1) is 29.8. The van der Waals surface area contributed by atoms with Crippen LogP contribution in [0.3, 0.4) is 0 Å². The number of benzene rings is 2. The van der Waals surface area contributed by atoms with E-state index in [1.807, 2.05) is 19.1 Å². The van der Waals surface area contributed by atoms with Gasteiger partial charge in [0.15, 0.2) is 0 Å². The number of nitrogens with zero attached hydrogens (tertiary/aromatic N) is 3. The van der Waals surface area contributed by atoms with Crippen molar-refractivity contribution in [3.8, 4) is 17.2 Å². The van der Waals surface area contributed by atoms with Gasteiger partial charge in [0.05, 0.1) is 41.2 Å². The predicted molar refractivity (Wildman–Crippen MR) is 157 cm³/mol. The van der Waals surface area contributed by atoms with Gasteiger partial charge in [0.1, 0.15) is 11.9 Å². The number of aromatic nitrogens is 1. The van der Waals surface area contributed by atoms with Crippen molar-refractivity contribution in [3.63, 3.8) is 0 Å². The number of carbonyl (C=O) groups is 3. The molecule has 1 saturated heterocycles. The molecule has 3 heterocycles. The number of halogens is 2. The first-order valence-electron chi connectivity index (χ1n) is 13.8. The molecule has 12 heteroatoms. The molecule has 0 spiro atoms. The van der Waals surface area contributed by atoms with Crippen LogP contribution < -0.4 is 10.6 Å². The van der Waals surface area contributed by atoms with Gasteiger partial charge in [-0.25, -0.2) is 14.0 Å². The normalized spacial score (nSPS) is 20.3. The Labute approximate surface area is 252 Å². The van der Waals surface area contributed by atoms with Gasteiger partial charge in [-0.2, -0.15) is 5.26 Å². The van der Waals surface area contributed by atoms with Crippen LogP contribution in [0.5, 0.6) is 0 Å². The smallest absolute Gasteiger partial charge is 0.411 e. The highest BCUT2D eigenvalue weighted by atomic mass is 35.5. The lowest BCUT2D eigenvalue weighted by atomic mass is 9.94. The summed E-state index contributed by atoms with van der Waals surface area (Å²) < 4.78 is 25.3. The molecule has 0 aliphatic carbocycles. The lowest BCUT2D eigenvalue weighted by Gasteiger charge is -2.37. The Morgan fingerprint density at radius 1 is 1.21 bits per heavy atom. The summed E-state index contributed by atoms with van der Waals surface area (Å²) in [6, 6.07) is 13.0. The second-order valence-electron chi connectivity index (χ2n) is 10.5. The molecule has 5 rings (SSSR count). The van der Waals surface area contributed by atoms with Crippen molar-refractivity contribution < 1.29 is 28.2 Å². The molecule has 2 N–H and O–H groups in total. The fourth-order valence-electron chi connectivity index (χ4n) is 5.47. The van der Waals surface area contributed by atoms with Crippen LogP contribution in [-0.4, -0.2) is 41.6 Å². The lowest BCUT2D eigenvalue weighted by molar-refractivity contribution is -0.119. The summed E-state index contributed by atoms with van der Waals surface area (Å²) in [6.45, 7) is 2.06. The van der Waals surface area contributed by atoms with Gasteiger partial charge in [0.2, 0.25) is 5.91 Å². The Bertz CT molecular complexity index is 1630. The Morgan fingerprint density at radius 2 is 2.02 bits per heavy atom. The summed E-state index contributed by atoms with van der Waals surface area (Å²) in [4.78, 5) is 44.5. The maximum absolute atomic E-state index is 14.9. The van der Waals surface area contributed by atoms with E-state index in [4.69, 9.17) is 16.3 Å². The number of fused-ring (bicyclic) bond motifs is 4. The van der Waals surface area contributed by atoms with Crippen molar-refractivity contribution in [3.05, 3.63) is 76.3 Å². The topological polar surface area (TPSA) is 134 Å². The zero-order valence-corrected chi connectivity index (χ0v) is 24.3. The number of anilines is 2. The number of hydrogen-bond donors (Lipinski definition) is 2. The Kier molecular flexibility index (Phi) is 8.78. The maximum Gasteiger partial charge on any atom is 0.411 e. The predicted octanol–water partition coefficient (Wildman–Crippen LogP) is 6.97. The average molecular weight is 606 g/mol. The largest absolute Gasteiger partial charge is 0.453 e. The molecule has 3 amide bonds. The van der Waals surface area contributed by atoms with Crippen LogP contribution in [0.1, 0.15) is 61.6 Å². The number of hydrogen-bond acceptors (Lipinski definition) is 7. The Morgan fingerprint density at radius 3 is 2.77 bits per heavy atom. The number of ether oxygens (including phenoxy) is 2. The summed E-state index contributed by atoms with van der Waals surface area (Å²) in [7, 11) is 1.26. The lowest BCUT2D eigenvalue weighted by Crippen LogP contribution is -2.42. The van der Waals surface area contributed by atoms with Crippen molar-refractivity contribution in [2.45, 2.75) is 44.8 Å². The SMILES string of the molecule is COC(=O)Nc1ccc2c(c1)NC(=O)[C@H](C)CCC[C@H](N1CCC(c3c(C#N)ccc(Cl)c3F)OC1=O)c1cc-2ccn1. The fourth-order valence-corrected chi connectivity index (χ4v) is 5.64. The molecule has 2 aromatic carbocycles. The number of rotatable bonds is 3. The molecule has 0 saturated carbocycles. The molecule has 3 atom stereocenters. The average Bonchev–Trinajstić information content (AvgIpc) is 3.00. The van der Waals surface area contributed by atoms with E-state index in [1.165, 1.54) is 19.2 Å². The third-order valence-corrected chi connectivity index (χ3v) is 8.06. The summed E-state index contributed by atoms with van der Waals surface area (Å²) in [5.74, 6) is -1.30. The van der Waals surface area contributed by atoms with Crippen molar-refractivity contribution >= 4 is 41.1 Å². The minimum Gasteiger partial charge on any atom is -0.453 e. The Hall–Kier alpha value is -4.69. The molecule has 2 aliphatic heterocycles. The second-order valence-corrected chi connectivity index (χ2v) is 10.9. The van der Waals surface area contributed by atoms with Gasteiger partial charge in [0.25, 0.3) is 0 Å². The highest BCUT2D eigenvalue weighted by Crippen LogP contribution is 2.39. The van der Waals surface area contributed by atoms with Gasteiger partial charge in [-0.15, -0.1) is 0 Å². The van der Waals surface area contributed by atoms with E-state index in [1.54, 1.807) is 35.4 Å². The minimum absolute atomic E-state index is 0.0284. The van der Waals surface area contributed by atoms with Crippen LogP contribution in [0.25, 0.3) is 11.1 Å². The number of pyridine rings is 1. The second kappa shape index (κ2) is 12.7. The van der Waals surface area contributed by atoms with Crippen LogP contribution in [0, 0.1) is 23.1 Å². The molecule has 2 aliphatic rings. The van der Waals surface area contributed by atoms with Crippen LogP contribution in [0.15, 0.2) is 48.7 Å².